The number of alkyl halides is 3. The second-order valence-corrected chi connectivity index (χ2v) is 6.99. The summed E-state index contributed by atoms with van der Waals surface area (Å²) in [7, 11) is 0. The van der Waals surface area contributed by atoms with Gasteiger partial charge in [-0.1, -0.05) is 41.4 Å². The molecular formula is C16H10Cl2F3NOS. The Kier molecular flexibility index (Phi) is 4.73. The summed E-state index contributed by atoms with van der Waals surface area (Å²) in [6.07, 6.45) is -4.49. The van der Waals surface area contributed by atoms with Gasteiger partial charge in [-0.2, -0.15) is 13.2 Å². The van der Waals surface area contributed by atoms with E-state index in [0.29, 0.717) is 10.7 Å². The maximum Gasteiger partial charge on any atom is 0.416 e. The van der Waals surface area contributed by atoms with Crippen LogP contribution in [0, 0.1) is 0 Å². The van der Waals surface area contributed by atoms with E-state index in [4.69, 9.17) is 23.2 Å². The molecule has 0 aliphatic carbocycles. The van der Waals surface area contributed by atoms with E-state index in [0.717, 1.165) is 17.8 Å². The smallest absolute Gasteiger partial charge is 0.295 e. The highest BCUT2D eigenvalue weighted by Gasteiger charge is 2.41. The summed E-state index contributed by atoms with van der Waals surface area (Å²) in [5, 5.41) is -0.221. The van der Waals surface area contributed by atoms with E-state index in [9.17, 15) is 18.0 Å². The lowest BCUT2D eigenvalue weighted by Crippen LogP contribution is -2.29. The number of carbonyl (C=O) groups excluding carboxylic acids is 1. The van der Waals surface area contributed by atoms with Crippen LogP contribution < -0.4 is 4.90 Å². The Morgan fingerprint density at radius 1 is 1.08 bits per heavy atom. The van der Waals surface area contributed by atoms with Crippen molar-refractivity contribution >= 4 is 46.6 Å². The van der Waals surface area contributed by atoms with Crippen LogP contribution in [0.5, 0.6) is 0 Å². The second kappa shape index (κ2) is 6.50. The first kappa shape index (κ1) is 17.5. The average Bonchev–Trinajstić information content (AvgIpc) is 2.91. The molecule has 1 aliphatic rings. The van der Waals surface area contributed by atoms with Crippen molar-refractivity contribution in [2.45, 2.75) is 11.6 Å². The quantitative estimate of drug-likeness (QED) is 0.645. The molecule has 0 radical (unpaired) electrons. The molecule has 0 saturated carbocycles. The first-order chi connectivity index (χ1) is 11.3. The molecule has 0 N–H and O–H groups in total. The van der Waals surface area contributed by atoms with Gasteiger partial charge in [-0.15, -0.1) is 11.8 Å². The minimum atomic E-state index is -4.49. The summed E-state index contributed by atoms with van der Waals surface area (Å²) in [6, 6.07) is 9.84. The highest BCUT2D eigenvalue weighted by Crippen LogP contribution is 2.46. The predicted molar refractivity (Wildman–Crippen MR) is 90.6 cm³/mol. The monoisotopic (exact) mass is 391 g/mol. The van der Waals surface area contributed by atoms with Gasteiger partial charge in [0.15, 0.2) is 0 Å². The molecule has 24 heavy (non-hydrogen) atoms. The maximum absolute atomic E-state index is 13.3. The number of thioether (sulfide) groups is 1. The van der Waals surface area contributed by atoms with Crippen LogP contribution in [-0.2, 0) is 11.0 Å². The minimum absolute atomic E-state index is 0.0481. The lowest BCUT2D eigenvalue weighted by molar-refractivity contribution is -0.138. The number of rotatable bonds is 2. The molecule has 0 bridgehead atoms. The fourth-order valence-corrected chi connectivity index (χ4v) is 4.04. The van der Waals surface area contributed by atoms with E-state index in [1.54, 1.807) is 6.07 Å². The third kappa shape index (κ3) is 3.23. The zero-order valence-electron chi connectivity index (χ0n) is 12.0. The van der Waals surface area contributed by atoms with Gasteiger partial charge in [0.1, 0.15) is 5.37 Å². The molecule has 0 spiro atoms. The number of carbonyl (C=O) groups is 1. The molecular weight excluding hydrogens is 382 g/mol. The van der Waals surface area contributed by atoms with Gasteiger partial charge in [0, 0.05) is 5.69 Å². The Morgan fingerprint density at radius 3 is 2.46 bits per heavy atom. The molecule has 0 aromatic heterocycles. The van der Waals surface area contributed by atoms with Gasteiger partial charge in [0.2, 0.25) is 5.91 Å². The van der Waals surface area contributed by atoms with Crippen molar-refractivity contribution in [1.82, 2.24) is 0 Å². The van der Waals surface area contributed by atoms with Crippen LogP contribution in [0.25, 0.3) is 0 Å². The molecule has 1 atom stereocenters. The molecule has 2 aromatic rings. The molecule has 1 aliphatic heterocycles. The average molecular weight is 392 g/mol. The van der Waals surface area contributed by atoms with Crippen LogP contribution in [0.15, 0.2) is 42.5 Å². The standard InChI is InChI=1S/C16H10Cl2F3NOS/c17-12-6-5-9(7-13(12)18)22-14(23)8-24-15(22)10-3-1-2-4-11(10)16(19,20)21/h1-7,15H,8H2/t15-/m1/s1. The van der Waals surface area contributed by atoms with E-state index in [-0.39, 0.29) is 22.2 Å². The van der Waals surface area contributed by atoms with E-state index < -0.39 is 17.1 Å². The van der Waals surface area contributed by atoms with Crippen LogP contribution in [-0.4, -0.2) is 11.7 Å². The number of hydrogen-bond donors (Lipinski definition) is 0. The maximum atomic E-state index is 13.3. The molecule has 8 heteroatoms. The summed E-state index contributed by atoms with van der Waals surface area (Å²) in [5.41, 5.74) is -0.282. The molecule has 126 valence electrons. The molecule has 1 fully saturated rings. The molecule has 2 nitrogen and oxygen atoms in total. The Bertz CT molecular complexity index is 797. The van der Waals surface area contributed by atoms with Crippen molar-refractivity contribution in [2.24, 2.45) is 0 Å². The van der Waals surface area contributed by atoms with Gasteiger partial charge in [-0.25, -0.2) is 0 Å². The van der Waals surface area contributed by atoms with Crippen molar-refractivity contribution in [1.29, 1.82) is 0 Å². The lowest BCUT2D eigenvalue weighted by Gasteiger charge is -2.26. The Labute approximate surface area is 150 Å². The number of nitrogens with zero attached hydrogens (tertiary/aromatic N) is 1. The number of halogens is 5. The summed E-state index contributed by atoms with van der Waals surface area (Å²) in [6.45, 7) is 0. The molecule has 1 saturated heterocycles. The highest BCUT2D eigenvalue weighted by molar-refractivity contribution is 8.00. The van der Waals surface area contributed by atoms with Crippen molar-refractivity contribution in [3.05, 3.63) is 63.6 Å². The van der Waals surface area contributed by atoms with Crippen LogP contribution in [0.3, 0.4) is 0 Å². The molecule has 1 heterocycles. The van der Waals surface area contributed by atoms with Crippen molar-refractivity contribution in [2.75, 3.05) is 10.7 Å². The summed E-state index contributed by atoms with van der Waals surface area (Å²) >= 11 is 13.0. The number of benzene rings is 2. The van der Waals surface area contributed by atoms with Gasteiger partial charge in [0.25, 0.3) is 0 Å². The zero-order chi connectivity index (χ0) is 17.5. The summed E-state index contributed by atoms with van der Waals surface area (Å²) in [5.74, 6) is -0.183. The molecule has 0 unspecified atom stereocenters. The molecule has 1 amide bonds. The van der Waals surface area contributed by atoms with Crippen LogP contribution >= 0.6 is 35.0 Å². The fraction of sp³-hybridized carbons (Fsp3) is 0.188. The predicted octanol–water partition coefficient (Wildman–Crippen LogP) is 5.79. The highest BCUT2D eigenvalue weighted by atomic mass is 35.5. The first-order valence-electron chi connectivity index (χ1n) is 6.84. The lowest BCUT2D eigenvalue weighted by atomic mass is 10.1. The first-order valence-corrected chi connectivity index (χ1v) is 8.64. The third-order valence-electron chi connectivity index (χ3n) is 3.58. The summed E-state index contributed by atoms with van der Waals surface area (Å²) < 4.78 is 39.9. The van der Waals surface area contributed by atoms with E-state index in [2.05, 4.69) is 0 Å². The molecule has 3 rings (SSSR count). The largest absolute Gasteiger partial charge is 0.416 e. The van der Waals surface area contributed by atoms with E-state index >= 15 is 0 Å². The van der Waals surface area contributed by atoms with Crippen LogP contribution in [0.1, 0.15) is 16.5 Å². The van der Waals surface area contributed by atoms with Crippen molar-refractivity contribution in [3.63, 3.8) is 0 Å². The number of amides is 1. The van der Waals surface area contributed by atoms with Gasteiger partial charge in [-0.3, -0.25) is 9.69 Å². The number of hydrogen-bond acceptors (Lipinski definition) is 2. The number of anilines is 1. The van der Waals surface area contributed by atoms with Crippen LogP contribution in [0.2, 0.25) is 10.0 Å². The minimum Gasteiger partial charge on any atom is -0.295 e. The Morgan fingerprint density at radius 2 is 1.79 bits per heavy atom. The van der Waals surface area contributed by atoms with Gasteiger partial charge < -0.3 is 0 Å². The van der Waals surface area contributed by atoms with E-state index in [1.807, 2.05) is 0 Å². The van der Waals surface area contributed by atoms with Gasteiger partial charge >= 0.3 is 6.18 Å². The Hall–Kier alpha value is -1.37. The van der Waals surface area contributed by atoms with Crippen LogP contribution in [0.4, 0.5) is 18.9 Å². The Balaban J connectivity index is 2.08. The zero-order valence-corrected chi connectivity index (χ0v) is 14.3. The van der Waals surface area contributed by atoms with E-state index in [1.165, 1.54) is 35.2 Å². The summed E-state index contributed by atoms with van der Waals surface area (Å²) in [4.78, 5) is 13.6. The SMILES string of the molecule is O=C1CS[C@H](c2ccccc2C(F)(F)F)N1c1ccc(Cl)c(Cl)c1. The van der Waals surface area contributed by atoms with Gasteiger partial charge in [0.05, 0.1) is 21.4 Å². The fourth-order valence-electron chi connectivity index (χ4n) is 2.54. The third-order valence-corrected chi connectivity index (χ3v) is 5.51. The topological polar surface area (TPSA) is 20.3 Å². The van der Waals surface area contributed by atoms with Gasteiger partial charge in [-0.05, 0) is 29.8 Å². The normalized spacial score (nSPS) is 18.3. The van der Waals surface area contributed by atoms with Crippen molar-refractivity contribution < 1.29 is 18.0 Å². The van der Waals surface area contributed by atoms with Crippen molar-refractivity contribution in [3.8, 4) is 0 Å². The molecule has 2 aromatic carbocycles. The second-order valence-electron chi connectivity index (χ2n) is 5.11.